The summed E-state index contributed by atoms with van der Waals surface area (Å²) in [5.41, 5.74) is -0.234. The number of aliphatic hydroxyl groups excluding tert-OH is 1. The van der Waals surface area contributed by atoms with Crippen LogP contribution in [-0.2, 0) is 4.74 Å². The summed E-state index contributed by atoms with van der Waals surface area (Å²) in [6.07, 6.45) is -0.0934. The van der Waals surface area contributed by atoms with Crippen LogP contribution in [0.4, 0.5) is 8.78 Å². The van der Waals surface area contributed by atoms with Gasteiger partial charge in [0.15, 0.2) is 0 Å². The van der Waals surface area contributed by atoms with Gasteiger partial charge in [-0.2, -0.15) is 8.78 Å². The Kier molecular flexibility index (Phi) is 4.26. The molecule has 0 saturated carbocycles. The van der Waals surface area contributed by atoms with Crippen LogP contribution < -0.4 is 4.74 Å². The molecule has 1 heterocycles. The molecule has 0 spiro atoms. The second kappa shape index (κ2) is 5.54. The Bertz CT molecular complexity index is 500. The van der Waals surface area contributed by atoms with E-state index in [2.05, 4.69) is 4.74 Å². The first kappa shape index (κ1) is 16.2. The lowest BCUT2D eigenvalue weighted by Crippen LogP contribution is -2.32. The Balaban J connectivity index is 2.22. The number of rotatable bonds is 4. The van der Waals surface area contributed by atoms with E-state index >= 15 is 0 Å². The number of halogens is 2. The zero-order valence-corrected chi connectivity index (χ0v) is 12.8. The fraction of sp³-hybridized carbons (Fsp3) is 0.625. The summed E-state index contributed by atoms with van der Waals surface area (Å²) in [6.45, 7) is 4.97. The van der Waals surface area contributed by atoms with Crippen molar-refractivity contribution in [2.24, 2.45) is 5.92 Å². The average Bonchev–Trinajstić information content (AvgIpc) is 2.56. The topological polar surface area (TPSA) is 38.7 Å². The lowest BCUT2D eigenvalue weighted by Gasteiger charge is -2.30. The van der Waals surface area contributed by atoms with Crippen LogP contribution in [0.1, 0.15) is 45.8 Å². The molecule has 1 saturated heterocycles. The second-order valence-electron chi connectivity index (χ2n) is 6.67. The van der Waals surface area contributed by atoms with Crippen LogP contribution in [0.3, 0.4) is 0 Å². The zero-order chi connectivity index (χ0) is 15.8. The second-order valence-corrected chi connectivity index (χ2v) is 6.67. The van der Waals surface area contributed by atoms with Crippen molar-refractivity contribution < 1.29 is 23.4 Å². The van der Waals surface area contributed by atoms with Gasteiger partial charge in [-0.1, -0.05) is 12.1 Å². The van der Waals surface area contributed by atoms with E-state index in [4.69, 9.17) is 4.74 Å². The van der Waals surface area contributed by atoms with E-state index in [-0.39, 0.29) is 17.3 Å². The van der Waals surface area contributed by atoms with Crippen LogP contribution in [0.15, 0.2) is 24.3 Å². The number of hydrogen-bond acceptors (Lipinski definition) is 3. The number of benzene rings is 1. The minimum absolute atomic E-state index is 0.0533. The first-order chi connectivity index (χ1) is 9.61. The molecule has 2 rings (SSSR count). The molecule has 1 fully saturated rings. The van der Waals surface area contributed by atoms with Gasteiger partial charge in [0, 0.05) is 5.92 Å². The van der Waals surface area contributed by atoms with Gasteiger partial charge in [0.1, 0.15) is 5.75 Å². The van der Waals surface area contributed by atoms with Crippen LogP contribution in [-0.4, -0.2) is 22.9 Å². The summed E-state index contributed by atoms with van der Waals surface area (Å²) in [7, 11) is 0. The summed E-state index contributed by atoms with van der Waals surface area (Å²) in [5, 5.41) is 10.6. The maximum atomic E-state index is 12.3. The molecule has 0 radical (unpaired) electrons. The molecule has 2 atom stereocenters. The predicted octanol–water partition coefficient (Wildman–Crippen LogP) is 3.92. The highest BCUT2D eigenvalue weighted by atomic mass is 19.3. The van der Waals surface area contributed by atoms with E-state index in [1.165, 1.54) is 12.1 Å². The maximum Gasteiger partial charge on any atom is 0.387 e. The van der Waals surface area contributed by atoms with Crippen molar-refractivity contribution in [3.63, 3.8) is 0 Å². The van der Waals surface area contributed by atoms with E-state index in [0.29, 0.717) is 12.0 Å². The van der Waals surface area contributed by atoms with Crippen molar-refractivity contribution >= 4 is 0 Å². The molecule has 21 heavy (non-hydrogen) atoms. The minimum Gasteiger partial charge on any atom is -0.435 e. The largest absolute Gasteiger partial charge is 0.435 e. The van der Waals surface area contributed by atoms with Crippen LogP contribution >= 0.6 is 0 Å². The van der Waals surface area contributed by atoms with Gasteiger partial charge in [-0.25, -0.2) is 0 Å². The van der Waals surface area contributed by atoms with Gasteiger partial charge in [-0.05, 0) is 51.8 Å². The molecule has 0 aromatic heterocycles. The number of hydrogen-bond donors (Lipinski definition) is 1. The highest BCUT2D eigenvalue weighted by Crippen LogP contribution is 2.47. The zero-order valence-electron chi connectivity index (χ0n) is 12.8. The molecule has 5 heteroatoms. The normalized spacial score (nSPS) is 25.0. The quantitative estimate of drug-likeness (QED) is 0.916. The summed E-state index contributed by atoms with van der Waals surface area (Å²) in [6, 6.07) is 6.22. The fourth-order valence-corrected chi connectivity index (χ4v) is 3.20. The Morgan fingerprint density at radius 1 is 1.29 bits per heavy atom. The third-order valence-electron chi connectivity index (χ3n) is 3.95. The third kappa shape index (κ3) is 3.71. The maximum absolute atomic E-state index is 12.3. The highest BCUT2D eigenvalue weighted by Gasteiger charge is 2.49. The van der Waals surface area contributed by atoms with E-state index in [0.717, 1.165) is 0 Å². The van der Waals surface area contributed by atoms with Crippen LogP contribution in [0, 0.1) is 5.92 Å². The van der Waals surface area contributed by atoms with E-state index in [1.807, 2.05) is 27.7 Å². The lowest BCUT2D eigenvalue weighted by molar-refractivity contribution is -0.0881. The summed E-state index contributed by atoms with van der Waals surface area (Å²) < 4.78 is 34.9. The molecular weight excluding hydrogens is 278 g/mol. The number of aliphatic hydroxyl groups is 1. The van der Waals surface area contributed by atoms with Gasteiger partial charge in [-0.3, -0.25) is 0 Å². The Labute approximate surface area is 123 Å². The van der Waals surface area contributed by atoms with Crippen molar-refractivity contribution in [2.45, 2.75) is 58.0 Å². The summed E-state index contributed by atoms with van der Waals surface area (Å²) >= 11 is 0. The van der Waals surface area contributed by atoms with E-state index in [1.54, 1.807) is 12.1 Å². The molecule has 0 amide bonds. The van der Waals surface area contributed by atoms with E-state index in [9.17, 15) is 13.9 Å². The molecule has 1 N–H and O–H groups in total. The van der Waals surface area contributed by atoms with Crippen molar-refractivity contribution in [2.75, 3.05) is 0 Å². The first-order valence-corrected chi connectivity index (χ1v) is 7.04. The SMILES string of the molecule is CC1(C)CC(C(O)c2cccc(OC(F)F)c2)C(C)(C)O1. The standard InChI is InChI=1S/C16H22F2O3/c1-15(2)9-12(16(3,4)21-15)13(19)10-6-5-7-11(8-10)20-14(17)18/h5-8,12-14,19H,9H2,1-4H3. The van der Waals surface area contributed by atoms with Gasteiger partial charge in [-0.15, -0.1) is 0 Å². The molecule has 1 aromatic rings. The van der Waals surface area contributed by atoms with Crippen LogP contribution in [0.5, 0.6) is 5.75 Å². The Hall–Kier alpha value is -1.20. The van der Waals surface area contributed by atoms with Crippen LogP contribution in [0.25, 0.3) is 0 Å². The molecule has 0 aliphatic carbocycles. The molecule has 1 aromatic carbocycles. The van der Waals surface area contributed by atoms with Gasteiger partial charge in [0.05, 0.1) is 17.3 Å². The molecule has 3 nitrogen and oxygen atoms in total. The number of ether oxygens (including phenoxy) is 2. The Morgan fingerprint density at radius 2 is 1.95 bits per heavy atom. The van der Waals surface area contributed by atoms with E-state index < -0.39 is 18.3 Å². The average molecular weight is 300 g/mol. The van der Waals surface area contributed by atoms with Gasteiger partial charge in [0.25, 0.3) is 0 Å². The molecule has 2 unspecified atom stereocenters. The van der Waals surface area contributed by atoms with Gasteiger partial charge >= 0.3 is 6.61 Å². The predicted molar refractivity (Wildman–Crippen MR) is 75.4 cm³/mol. The number of alkyl halides is 2. The molecule has 1 aliphatic heterocycles. The first-order valence-electron chi connectivity index (χ1n) is 7.04. The van der Waals surface area contributed by atoms with Crippen molar-refractivity contribution in [1.82, 2.24) is 0 Å². The van der Waals surface area contributed by atoms with Gasteiger partial charge in [0.2, 0.25) is 0 Å². The molecule has 1 aliphatic rings. The van der Waals surface area contributed by atoms with Gasteiger partial charge < -0.3 is 14.6 Å². The molecular formula is C16H22F2O3. The molecule has 118 valence electrons. The summed E-state index contributed by atoms with van der Waals surface area (Å²) in [5.74, 6) is -0.0631. The van der Waals surface area contributed by atoms with Crippen molar-refractivity contribution in [3.05, 3.63) is 29.8 Å². The highest BCUT2D eigenvalue weighted by molar-refractivity contribution is 5.30. The lowest BCUT2D eigenvalue weighted by atomic mass is 9.80. The van der Waals surface area contributed by atoms with Crippen molar-refractivity contribution in [1.29, 1.82) is 0 Å². The van der Waals surface area contributed by atoms with Crippen molar-refractivity contribution in [3.8, 4) is 5.75 Å². The molecule has 0 bridgehead atoms. The summed E-state index contributed by atoms with van der Waals surface area (Å²) in [4.78, 5) is 0. The third-order valence-corrected chi connectivity index (χ3v) is 3.95. The van der Waals surface area contributed by atoms with Crippen LogP contribution in [0.2, 0.25) is 0 Å². The monoisotopic (exact) mass is 300 g/mol. The Morgan fingerprint density at radius 3 is 2.48 bits per heavy atom. The fourth-order valence-electron chi connectivity index (χ4n) is 3.20. The smallest absolute Gasteiger partial charge is 0.387 e. The minimum atomic E-state index is -2.87.